The third-order valence-electron chi connectivity index (χ3n) is 3.87. The molecule has 2 rings (SSSR count). The minimum atomic E-state index is -0.663. The van der Waals surface area contributed by atoms with E-state index >= 15 is 0 Å². The molecule has 0 heterocycles. The van der Waals surface area contributed by atoms with Crippen LogP contribution in [0.1, 0.15) is 11.1 Å². The van der Waals surface area contributed by atoms with Gasteiger partial charge in [-0.3, -0.25) is 0 Å². The van der Waals surface area contributed by atoms with Gasteiger partial charge in [0.15, 0.2) is 0 Å². The lowest BCUT2D eigenvalue weighted by Gasteiger charge is -2.19. The maximum Gasteiger partial charge on any atom is 0.124 e. The summed E-state index contributed by atoms with van der Waals surface area (Å²) in [6.45, 7) is 0.499. The number of nitrogens with one attached hydrogen (secondary N) is 1. The van der Waals surface area contributed by atoms with Gasteiger partial charge in [0, 0.05) is 19.0 Å². The van der Waals surface area contributed by atoms with Crippen molar-refractivity contribution in [2.45, 2.75) is 25.0 Å². The molecular weight excluding hydrogens is 318 g/mol. The fourth-order valence-corrected chi connectivity index (χ4v) is 2.46. The number of aldehydes is 1. The van der Waals surface area contributed by atoms with Crippen LogP contribution < -0.4 is 10.1 Å². The van der Waals surface area contributed by atoms with E-state index in [0.717, 1.165) is 23.2 Å². The van der Waals surface area contributed by atoms with Gasteiger partial charge in [0.1, 0.15) is 24.7 Å². The van der Waals surface area contributed by atoms with Crippen LogP contribution in [0.5, 0.6) is 5.75 Å². The van der Waals surface area contributed by atoms with Crippen molar-refractivity contribution < 1.29 is 19.7 Å². The van der Waals surface area contributed by atoms with Crippen LogP contribution in [0.25, 0.3) is 0 Å². The normalized spacial score (nSPS) is 13.2. The van der Waals surface area contributed by atoms with Crippen molar-refractivity contribution in [2.75, 3.05) is 19.8 Å². The van der Waals surface area contributed by atoms with Crippen molar-refractivity contribution in [2.24, 2.45) is 0 Å². The Labute approximate surface area is 148 Å². The Bertz CT molecular complexity index is 615. The Morgan fingerprint density at radius 2 is 1.72 bits per heavy atom. The first kappa shape index (κ1) is 19.1. The van der Waals surface area contributed by atoms with Gasteiger partial charge in [0.05, 0.1) is 6.61 Å². The first-order chi connectivity index (χ1) is 12.2. The van der Waals surface area contributed by atoms with Crippen molar-refractivity contribution in [3.63, 3.8) is 0 Å². The Kier molecular flexibility index (Phi) is 8.12. The largest absolute Gasteiger partial charge is 0.491 e. The third kappa shape index (κ3) is 7.05. The molecule has 3 N–H and O–H groups in total. The number of carbonyl (C=O) groups excluding carboxylic acids is 1. The molecule has 0 aliphatic heterocycles. The molecule has 0 aromatic heterocycles. The fraction of sp³-hybridized carbons (Fsp3) is 0.350. The molecule has 0 fully saturated rings. The highest BCUT2D eigenvalue weighted by Crippen LogP contribution is 2.09. The van der Waals surface area contributed by atoms with E-state index in [1.165, 1.54) is 0 Å². The van der Waals surface area contributed by atoms with E-state index in [1.807, 2.05) is 54.6 Å². The molecule has 2 atom stereocenters. The molecule has 2 aromatic carbocycles. The molecule has 0 spiro atoms. The van der Waals surface area contributed by atoms with Gasteiger partial charge < -0.3 is 25.1 Å². The van der Waals surface area contributed by atoms with Gasteiger partial charge in [-0.2, -0.15) is 0 Å². The summed E-state index contributed by atoms with van der Waals surface area (Å²) in [6, 6.07) is 16.9. The summed E-state index contributed by atoms with van der Waals surface area (Å²) in [4.78, 5) is 10.5. The second kappa shape index (κ2) is 10.6. The second-order valence-electron chi connectivity index (χ2n) is 5.96. The summed E-state index contributed by atoms with van der Waals surface area (Å²) < 4.78 is 5.51. The van der Waals surface area contributed by atoms with E-state index in [2.05, 4.69) is 5.32 Å². The van der Waals surface area contributed by atoms with Crippen molar-refractivity contribution >= 4 is 6.29 Å². The number of ether oxygens (including phenoxy) is 1. The topological polar surface area (TPSA) is 78.8 Å². The Hall–Kier alpha value is -2.21. The first-order valence-corrected chi connectivity index (χ1v) is 8.43. The monoisotopic (exact) mass is 343 g/mol. The van der Waals surface area contributed by atoms with E-state index in [9.17, 15) is 15.0 Å². The zero-order chi connectivity index (χ0) is 17.9. The molecule has 0 saturated heterocycles. The van der Waals surface area contributed by atoms with Gasteiger partial charge in [0.2, 0.25) is 0 Å². The zero-order valence-corrected chi connectivity index (χ0v) is 14.2. The molecule has 0 saturated carbocycles. The predicted octanol–water partition coefficient (Wildman–Crippen LogP) is 1.36. The summed E-state index contributed by atoms with van der Waals surface area (Å²) in [5.41, 5.74) is 2.04. The van der Waals surface area contributed by atoms with Crippen molar-refractivity contribution in [3.8, 4) is 5.75 Å². The standard InChI is InChI=1S/C20H25NO4/c22-11-10-16-6-8-17(9-7-16)12-18(14-23)21-13-19(24)15-25-20-4-2-1-3-5-20/h1-9,11,18-19,21,23-24H,10,12-15H2/t18-,19-/m0/s1. The lowest BCUT2D eigenvalue weighted by atomic mass is 10.0. The maximum absolute atomic E-state index is 10.5. The molecule has 134 valence electrons. The highest BCUT2D eigenvalue weighted by molar-refractivity contribution is 5.54. The van der Waals surface area contributed by atoms with Crippen LogP contribution in [0, 0.1) is 0 Å². The van der Waals surface area contributed by atoms with E-state index in [1.54, 1.807) is 0 Å². The highest BCUT2D eigenvalue weighted by atomic mass is 16.5. The number of benzene rings is 2. The molecule has 5 heteroatoms. The van der Waals surface area contributed by atoms with Gasteiger partial charge in [-0.15, -0.1) is 0 Å². The highest BCUT2D eigenvalue weighted by Gasteiger charge is 2.12. The molecule has 0 aliphatic rings. The number of para-hydroxylation sites is 1. The van der Waals surface area contributed by atoms with E-state index in [-0.39, 0.29) is 19.3 Å². The molecule has 0 amide bonds. The Balaban J connectivity index is 1.74. The number of hydrogen-bond donors (Lipinski definition) is 3. The van der Waals surface area contributed by atoms with Crippen LogP contribution >= 0.6 is 0 Å². The van der Waals surface area contributed by atoms with Crippen LogP contribution in [0.3, 0.4) is 0 Å². The molecule has 0 radical (unpaired) electrons. The first-order valence-electron chi connectivity index (χ1n) is 8.43. The summed E-state index contributed by atoms with van der Waals surface area (Å²) in [5.74, 6) is 0.718. The number of aliphatic hydroxyl groups is 2. The molecule has 0 aliphatic carbocycles. The van der Waals surface area contributed by atoms with Gasteiger partial charge in [-0.25, -0.2) is 0 Å². The smallest absolute Gasteiger partial charge is 0.124 e. The van der Waals surface area contributed by atoms with Crippen LogP contribution in [-0.4, -0.2) is 48.4 Å². The number of aliphatic hydroxyl groups excluding tert-OH is 2. The van der Waals surface area contributed by atoms with E-state index in [4.69, 9.17) is 4.74 Å². The zero-order valence-electron chi connectivity index (χ0n) is 14.2. The van der Waals surface area contributed by atoms with Crippen LogP contribution in [-0.2, 0) is 17.6 Å². The molecule has 0 unspecified atom stereocenters. The summed E-state index contributed by atoms with van der Waals surface area (Å²) in [6.07, 6.45) is 1.27. The molecule has 2 aromatic rings. The number of carbonyl (C=O) groups is 1. The Morgan fingerprint density at radius 3 is 2.36 bits per heavy atom. The van der Waals surface area contributed by atoms with E-state index in [0.29, 0.717) is 19.4 Å². The lowest BCUT2D eigenvalue weighted by molar-refractivity contribution is -0.107. The summed E-state index contributed by atoms with van der Waals surface area (Å²) in [7, 11) is 0. The summed E-state index contributed by atoms with van der Waals surface area (Å²) in [5, 5.41) is 22.7. The number of rotatable bonds is 11. The van der Waals surface area contributed by atoms with Gasteiger partial charge in [0.25, 0.3) is 0 Å². The lowest BCUT2D eigenvalue weighted by Crippen LogP contribution is -2.41. The average molecular weight is 343 g/mol. The van der Waals surface area contributed by atoms with E-state index < -0.39 is 6.10 Å². The molecule has 25 heavy (non-hydrogen) atoms. The van der Waals surface area contributed by atoms with Gasteiger partial charge in [-0.1, -0.05) is 42.5 Å². The van der Waals surface area contributed by atoms with Crippen LogP contribution in [0.2, 0.25) is 0 Å². The van der Waals surface area contributed by atoms with Crippen molar-refractivity contribution in [1.82, 2.24) is 5.32 Å². The SMILES string of the molecule is O=CCc1ccc(C[C@@H](CO)NC[C@H](O)COc2ccccc2)cc1. The van der Waals surface area contributed by atoms with Crippen LogP contribution in [0.4, 0.5) is 0 Å². The fourth-order valence-electron chi connectivity index (χ4n) is 2.46. The van der Waals surface area contributed by atoms with Crippen molar-refractivity contribution in [3.05, 3.63) is 65.7 Å². The predicted molar refractivity (Wildman–Crippen MR) is 96.7 cm³/mol. The maximum atomic E-state index is 10.5. The quantitative estimate of drug-likeness (QED) is 0.537. The minimum absolute atomic E-state index is 0.0254. The summed E-state index contributed by atoms with van der Waals surface area (Å²) >= 11 is 0. The number of hydrogen-bond acceptors (Lipinski definition) is 5. The molecule has 0 bridgehead atoms. The Morgan fingerprint density at radius 1 is 1.04 bits per heavy atom. The van der Waals surface area contributed by atoms with Crippen molar-refractivity contribution in [1.29, 1.82) is 0 Å². The average Bonchev–Trinajstić information content (AvgIpc) is 2.66. The second-order valence-corrected chi connectivity index (χ2v) is 5.96. The minimum Gasteiger partial charge on any atom is -0.491 e. The van der Waals surface area contributed by atoms with Gasteiger partial charge in [-0.05, 0) is 29.7 Å². The third-order valence-corrected chi connectivity index (χ3v) is 3.87. The molecule has 5 nitrogen and oxygen atoms in total. The molecular formula is C20H25NO4. The van der Waals surface area contributed by atoms with Gasteiger partial charge >= 0.3 is 0 Å². The van der Waals surface area contributed by atoms with Crippen LogP contribution in [0.15, 0.2) is 54.6 Å².